The zero-order valence-corrected chi connectivity index (χ0v) is 16.0. The molecular weight excluding hydrogens is 419 g/mol. The fraction of sp³-hybridized carbons (Fsp3) is 1.00. The smallest absolute Gasteiger partial charge is 0.347 e. The third-order valence-corrected chi connectivity index (χ3v) is 2.35. The number of aliphatic hydroxyl groups is 1. The summed E-state index contributed by atoms with van der Waals surface area (Å²) in [6.07, 6.45) is 0. The Balaban J connectivity index is 0. The van der Waals surface area contributed by atoms with E-state index in [0.717, 1.165) is 0 Å². The molecule has 0 spiro atoms. The van der Waals surface area contributed by atoms with Crippen LogP contribution in [-0.4, -0.2) is 62.4 Å². The maximum Gasteiger partial charge on any atom is 0.356 e. The number of nitrogens with zero attached hydrogens (tertiary/aromatic N) is 1. The van der Waals surface area contributed by atoms with Gasteiger partial charge < -0.3 is 24.1 Å². The molecule has 0 saturated carbocycles. The van der Waals surface area contributed by atoms with Crippen molar-refractivity contribution in [2.24, 2.45) is 0 Å². The van der Waals surface area contributed by atoms with Crippen molar-refractivity contribution < 1.29 is 46.4 Å². The van der Waals surface area contributed by atoms with E-state index in [1.165, 1.54) is 4.90 Å². The van der Waals surface area contributed by atoms with E-state index in [1.54, 1.807) is 41.8 Å². The molecule has 7 heteroatoms. The number of likely N-dealkylation sites (N-methyl/N-ethyl adjacent to an activating group) is 1. The molecule has 1 unspecified atom stereocenters. The summed E-state index contributed by atoms with van der Waals surface area (Å²) in [5.41, 5.74) is 0. The van der Waals surface area contributed by atoms with Gasteiger partial charge in [0.1, 0.15) is 0 Å². The predicted octanol–water partition coefficient (Wildman–Crippen LogP) is 0.991. The first-order chi connectivity index (χ1) is 8.44. The number of hydrogen-bond acceptors (Lipinski definition) is 6. The number of ether oxygens (including phenoxy) is 4. The van der Waals surface area contributed by atoms with Crippen LogP contribution < -0.4 is 0 Å². The van der Waals surface area contributed by atoms with Crippen molar-refractivity contribution in [1.82, 2.24) is 4.90 Å². The van der Waals surface area contributed by atoms with Crippen LogP contribution in [0, 0.1) is 0 Å². The molecule has 1 radical (unpaired) electrons. The molecule has 0 fully saturated rings. The monoisotopic (exact) mass is 446 g/mol. The molecule has 0 aromatic heterocycles. The van der Waals surface area contributed by atoms with Crippen molar-refractivity contribution in [2.75, 3.05) is 40.5 Å². The van der Waals surface area contributed by atoms with E-state index in [1.807, 2.05) is 0 Å². The average Bonchev–Trinajstić information content (AvgIpc) is 2.29. The first-order valence-electron chi connectivity index (χ1n) is 6.39. The molecule has 1 N–H and O–H groups in total. The van der Waals surface area contributed by atoms with Gasteiger partial charge in [0.15, 0.2) is 0 Å². The molecule has 0 heterocycles. The minimum atomic E-state index is -1.82. The van der Waals surface area contributed by atoms with Gasteiger partial charge in [-0.05, 0) is 41.8 Å². The Morgan fingerprint density at radius 2 is 1.11 bits per heavy atom. The van der Waals surface area contributed by atoms with Crippen LogP contribution in [0.25, 0.3) is 0 Å². The van der Waals surface area contributed by atoms with E-state index in [2.05, 4.69) is 0 Å². The summed E-state index contributed by atoms with van der Waals surface area (Å²) in [7, 11) is 3.34. The molecule has 0 amide bonds. The second-order valence-electron chi connectivity index (χ2n) is 3.79. The van der Waals surface area contributed by atoms with Crippen LogP contribution >= 0.6 is 0 Å². The zero-order valence-electron chi connectivity index (χ0n) is 12.8. The van der Waals surface area contributed by atoms with E-state index in [9.17, 15) is 5.11 Å². The van der Waals surface area contributed by atoms with Crippen molar-refractivity contribution in [3.63, 3.8) is 0 Å². The SMILES string of the molecule is CCOC(OCC)(OCC)C(O)(OCC)N(C)C.[Ta]. The third kappa shape index (κ3) is 5.08. The van der Waals surface area contributed by atoms with Crippen LogP contribution in [0.15, 0.2) is 0 Å². The molecule has 19 heavy (non-hydrogen) atoms. The van der Waals surface area contributed by atoms with Crippen molar-refractivity contribution >= 4 is 0 Å². The average molecular weight is 446 g/mol. The summed E-state index contributed by atoms with van der Waals surface area (Å²) in [5.74, 6) is -3.48. The second-order valence-corrected chi connectivity index (χ2v) is 3.79. The van der Waals surface area contributed by atoms with Gasteiger partial charge >= 0.3 is 11.9 Å². The molecule has 0 aromatic rings. The standard InChI is InChI=1S/C12H27NO5.Ta/c1-7-15-11(14,13(5)6)12(16-8-2,17-9-3)18-10-4;/h14H,7-10H2,1-6H3;. The summed E-state index contributed by atoms with van der Waals surface area (Å²) >= 11 is 0. The Morgan fingerprint density at radius 1 is 0.789 bits per heavy atom. The van der Waals surface area contributed by atoms with Crippen molar-refractivity contribution in [1.29, 1.82) is 0 Å². The van der Waals surface area contributed by atoms with E-state index in [4.69, 9.17) is 18.9 Å². The van der Waals surface area contributed by atoms with Gasteiger partial charge in [0.25, 0.3) is 0 Å². The van der Waals surface area contributed by atoms with E-state index >= 15 is 0 Å². The Morgan fingerprint density at radius 3 is 1.32 bits per heavy atom. The molecule has 0 bridgehead atoms. The fourth-order valence-corrected chi connectivity index (χ4v) is 1.67. The quantitative estimate of drug-likeness (QED) is 0.506. The maximum absolute atomic E-state index is 10.7. The Kier molecular flexibility index (Phi) is 11.8. The number of hydrogen-bond donors (Lipinski definition) is 1. The van der Waals surface area contributed by atoms with Crippen molar-refractivity contribution in [3.05, 3.63) is 0 Å². The second kappa shape index (κ2) is 10.3. The van der Waals surface area contributed by atoms with Crippen LogP contribution in [-0.2, 0) is 41.3 Å². The first kappa shape index (κ1) is 21.8. The maximum atomic E-state index is 10.7. The van der Waals surface area contributed by atoms with Gasteiger partial charge in [-0.15, -0.1) is 0 Å². The first-order valence-corrected chi connectivity index (χ1v) is 6.39. The van der Waals surface area contributed by atoms with Crippen LogP contribution in [0.1, 0.15) is 27.7 Å². The van der Waals surface area contributed by atoms with Gasteiger partial charge in [0.2, 0.25) is 0 Å². The fourth-order valence-electron chi connectivity index (χ4n) is 1.67. The molecule has 0 aromatic carbocycles. The Bertz CT molecular complexity index is 213. The predicted molar refractivity (Wildman–Crippen MR) is 67.9 cm³/mol. The summed E-state index contributed by atoms with van der Waals surface area (Å²) in [4.78, 5) is 1.47. The van der Waals surface area contributed by atoms with Crippen molar-refractivity contribution in [2.45, 2.75) is 39.6 Å². The molecule has 1 atom stereocenters. The molecular formula is C12H27NO5Ta. The van der Waals surface area contributed by atoms with Crippen molar-refractivity contribution in [3.8, 4) is 0 Å². The molecule has 0 aliphatic rings. The molecule has 0 aliphatic carbocycles. The van der Waals surface area contributed by atoms with Gasteiger partial charge in [-0.3, -0.25) is 4.90 Å². The molecule has 0 rings (SSSR count). The molecule has 115 valence electrons. The van der Waals surface area contributed by atoms with Gasteiger partial charge in [-0.2, -0.15) is 0 Å². The summed E-state index contributed by atoms with van der Waals surface area (Å²) in [6, 6.07) is 0. The largest absolute Gasteiger partial charge is 0.356 e. The summed E-state index contributed by atoms with van der Waals surface area (Å²) in [6.45, 7) is 8.45. The Hall–Kier alpha value is 0.500. The number of rotatable bonds is 10. The normalized spacial score (nSPS) is 15.2. The van der Waals surface area contributed by atoms with Crippen LogP contribution in [0.3, 0.4) is 0 Å². The summed E-state index contributed by atoms with van der Waals surface area (Å²) in [5, 5.41) is 10.7. The van der Waals surface area contributed by atoms with Gasteiger partial charge in [0.05, 0.1) is 0 Å². The third-order valence-electron chi connectivity index (χ3n) is 2.35. The Labute approximate surface area is 131 Å². The van der Waals surface area contributed by atoms with E-state index in [0.29, 0.717) is 26.4 Å². The van der Waals surface area contributed by atoms with Gasteiger partial charge in [-0.25, -0.2) is 0 Å². The van der Waals surface area contributed by atoms with Crippen LogP contribution in [0.4, 0.5) is 0 Å². The van der Waals surface area contributed by atoms with E-state index in [-0.39, 0.29) is 22.4 Å². The summed E-state index contributed by atoms with van der Waals surface area (Å²) < 4.78 is 22.0. The van der Waals surface area contributed by atoms with Gasteiger partial charge in [0, 0.05) is 48.8 Å². The molecule has 0 aliphatic heterocycles. The topological polar surface area (TPSA) is 60.4 Å². The minimum absolute atomic E-state index is 0. The van der Waals surface area contributed by atoms with Crippen LogP contribution in [0.2, 0.25) is 0 Å². The molecule has 0 saturated heterocycles. The molecule has 6 nitrogen and oxygen atoms in total. The van der Waals surface area contributed by atoms with Gasteiger partial charge in [-0.1, -0.05) is 0 Å². The van der Waals surface area contributed by atoms with E-state index < -0.39 is 11.9 Å². The minimum Gasteiger partial charge on any atom is -0.347 e. The van der Waals surface area contributed by atoms with Crippen LogP contribution in [0.5, 0.6) is 0 Å². The zero-order chi connectivity index (χ0) is 14.2.